The van der Waals surface area contributed by atoms with Crippen LogP contribution in [0.5, 0.6) is 0 Å². The molecule has 30 heavy (non-hydrogen) atoms. The van der Waals surface area contributed by atoms with Crippen LogP contribution in [0.15, 0.2) is 35.2 Å². The van der Waals surface area contributed by atoms with Crippen LogP contribution in [0.4, 0.5) is 0 Å². The molecule has 1 saturated heterocycles. The summed E-state index contributed by atoms with van der Waals surface area (Å²) in [5.74, 6) is -0.0252. The summed E-state index contributed by atoms with van der Waals surface area (Å²) >= 11 is 1.55. The van der Waals surface area contributed by atoms with Gasteiger partial charge in [0.15, 0.2) is 9.84 Å². The number of fused-ring (bicyclic) bond motifs is 2. The van der Waals surface area contributed by atoms with Crippen LogP contribution in [0.1, 0.15) is 52.4 Å². The van der Waals surface area contributed by atoms with Crippen LogP contribution in [0.3, 0.4) is 0 Å². The fraction of sp³-hybridized carbons (Fsp3) is 0.500. The summed E-state index contributed by atoms with van der Waals surface area (Å²) in [6.45, 7) is 5.94. The van der Waals surface area contributed by atoms with Crippen molar-refractivity contribution in [3.8, 4) is 0 Å². The third kappa shape index (κ3) is 4.19. The van der Waals surface area contributed by atoms with Gasteiger partial charge in [-0.3, -0.25) is 4.79 Å². The zero-order valence-corrected chi connectivity index (χ0v) is 19.0. The maximum Gasteiger partial charge on any atom is 0.261 e. The molecule has 1 fully saturated rings. The van der Waals surface area contributed by atoms with Gasteiger partial charge in [0, 0.05) is 11.4 Å². The van der Waals surface area contributed by atoms with E-state index in [2.05, 4.69) is 17.6 Å². The van der Waals surface area contributed by atoms with E-state index < -0.39 is 9.84 Å². The van der Waals surface area contributed by atoms with E-state index in [1.165, 1.54) is 10.4 Å². The Morgan fingerprint density at radius 2 is 1.97 bits per heavy atom. The number of hydrogen-bond donors (Lipinski definition) is 2. The van der Waals surface area contributed by atoms with Gasteiger partial charge in [0.1, 0.15) is 5.60 Å². The molecule has 1 amide bonds. The van der Waals surface area contributed by atoms with Gasteiger partial charge >= 0.3 is 0 Å². The van der Waals surface area contributed by atoms with Crippen molar-refractivity contribution in [2.75, 3.05) is 18.8 Å². The van der Waals surface area contributed by atoms with Crippen LogP contribution in [-0.4, -0.2) is 39.3 Å². The molecule has 1 aromatic heterocycles. The number of rotatable bonds is 5. The molecule has 0 saturated carbocycles. The highest BCUT2D eigenvalue weighted by atomic mass is 32.2. The first-order valence-corrected chi connectivity index (χ1v) is 12.9. The normalized spacial score (nSPS) is 20.7. The predicted molar refractivity (Wildman–Crippen MR) is 118 cm³/mol. The van der Waals surface area contributed by atoms with Crippen LogP contribution in [0.25, 0.3) is 0 Å². The minimum atomic E-state index is -3.21. The molecule has 1 atom stereocenters. The van der Waals surface area contributed by atoms with E-state index in [0.717, 1.165) is 37.9 Å². The molecule has 3 heterocycles. The summed E-state index contributed by atoms with van der Waals surface area (Å²) in [6.07, 6.45) is 2.85. The molecule has 6 nitrogen and oxygen atoms in total. The largest absolute Gasteiger partial charge is 0.366 e. The Morgan fingerprint density at radius 1 is 1.27 bits per heavy atom. The average Bonchev–Trinajstić information content (AvgIpc) is 3.18. The van der Waals surface area contributed by atoms with E-state index in [4.69, 9.17) is 4.74 Å². The van der Waals surface area contributed by atoms with E-state index >= 15 is 0 Å². The third-order valence-electron chi connectivity index (χ3n) is 5.91. The van der Waals surface area contributed by atoms with Gasteiger partial charge in [-0.2, -0.15) is 0 Å². The first-order chi connectivity index (χ1) is 14.3. The van der Waals surface area contributed by atoms with Crippen LogP contribution in [0, 0.1) is 0 Å². The molecule has 0 radical (unpaired) electrons. The van der Waals surface area contributed by atoms with Gasteiger partial charge in [-0.1, -0.05) is 19.1 Å². The molecule has 2 aliphatic rings. The number of hydrogen-bond acceptors (Lipinski definition) is 6. The molecular weight excluding hydrogens is 420 g/mol. The average molecular weight is 449 g/mol. The van der Waals surface area contributed by atoms with Crippen molar-refractivity contribution in [2.45, 2.75) is 56.3 Å². The molecule has 8 heteroatoms. The van der Waals surface area contributed by atoms with E-state index in [0.29, 0.717) is 16.3 Å². The first-order valence-electron chi connectivity index (χ1n) is 10.4. The Hall–Kier alpha value is -1.74. The summed E-state index contributed by atoms with van der Waals surface area (Å²) in [6, 6.07) is 8.73. The number of amides is 1. The van der Waals surface area contributed by atoms with Crippen molar-refractivity contribution < 1.29 is 17.9 Å². The zero-order valence-electron chi connectivity index (χ0n) is 17.4. The van der Waals surface area contributed by atoms with Crippen molar-refractivity contribution in [3.63, 3.8) is 0 Å². The van der Waals surface area contributed by atoms with E-state index in [-0.39, 0.29) is 23.4 Å². The lowest BCUT2D eigenvalue weighted by molar-refractivity contribution is -0.117. The number of nitrogens with one attached hydrogen (secondary N) is 2. The molecular formula is C22H28N2O4S2. The van der Waals surface area contributed by atoms with Crippen LogP contribution in [-0.2, 0) is 33.1 Å². The highest BCUT2D eigenvalue weighted by Gasteiger charge is 2.43. The number of thiophene rings is 1. The molecule has 1 aromatic carbocycles. The topological polar surface area (TPSA) is 84.5 Å². The Bertz CT molecular complexity index is 1020. The number of piperidine rings is 1. The molecule has 4 rings (SSSR count). The molecule has 0 bridgehead atoms. The minimum Gasteiger partial charge on any atom is -0.366 e. The van der Waals surface area contributed by atoms with Gasteiger partial charge in [0.05, 0.1) is 21.6 Å². The summed E-state index contributed by atoms with van der Waals surface area (Å²) in [5, 5.41) is 6.36. The Morgan fingerprint density at radius 3 is 2.63 bits per heavy atom. The van der Waals surface area contributed by atoms with Crippen molar-refractivity contribution in [1.82, 2.24) is 10.6 Å². The highest BCUT2D eigenvalue weighted by molar-refractivity contribution is 7.91. The lowest BCUT2D eigenvalue weighted by atomic mass is 9.84. The SMILES string of the molecule is CCS(=O)(=O)c1ccc(CNC(=O)c2cc3c(s2)C2(CCNCC2)O[C@@H](C)C3)cc1. The third-order valence-corrected chi connectivity index (χ3v) is 9.02. The van der Waals surface area contributed by atoms with Gasteiger partial charge < -0.3 is 15.4 Å². The second kappa shape index (κ2) is 8.42. The van der Waals surface area contributed by atoms with Crippen molar-refractivity contribution in [1.29, 1.82) is 0 Å². The maximum absolute atomic E-state index is 12.8. The second-order valence-corrected chi connectivity index (χ2v) is 11.4. The lowest BCUT2D eigenvalue weighted by Crippen LogP contribution is -2.46. The molecule has 162 valence electrons. The molecule has 0 aliphatic carbocycles. The second-order valence-electron chi connectivity index (χ2n) is 8.07. The lowest BCUT2D eigenvalue weighted by Gasteiger charge is -2.43. The summed E-state index contributed by atoms with van der Waals surface area (Å²) in [7, 11) is -3.21. The Balaban J connectivity index is 1.47. The predicted octanol–water partition coefficient (Wildman–Crippen LogP) is 3.01. The zero-order chi connectivity index (χ0) is 21.4. The fourth-order valence-electron chi connectivity index (χ4n) is 4.29. The van der Waals surface area contributed by atoms with Gasteiger partial charge in [-0.25, -0.2) is 8.42 Å². The van der Waals surface area contributed by atoms with Crippen LogP contribution in [0.2, 0.25) is 0 Å². The Kier molecular flexibility index (Phi) is 6.03. The maximum atomic E-state index is 12.8. The number of ether oxygens (including phenoxy) is 1. The van der Waals surface area contributed by atoms with Gasteiger partial charge in [0.2, 0.25) is 0 Å². The first kappa shape index (κ1) is 21.5. The smallest absolute Gasteiger partial charge is 0.261 e. The molecule has 0 unspecified atom stereocenters. The molecule has 2 aliphatic heterocycles. The van der Waals surface area contributed by atoms with Gasteiger partial charge in [-0.15, -0.1) is 11.3 Å². The quantitative estimate of drug-likeness (QED) is 0.735. The number of carbonyl (C=O) groups is 1. The summed E-state index contributed by atoms with van der Waals surface area (Å²) in [4.78, 5) is 15.0. The van der Waals surface area contributed by atoms with Crippen LogP contribution >= 0.6 is 11.3 Å². The molecule has 2 N–H and O–H groups in total. The summed E-state index contributed by atoms with van der Waals surface area (Å²) < 4.78 is 30.3. The fourth-order valence-corrected chi connectivity index (χ4v) is 6.48. The molecule has 1 spiro atoms. The minimum absolute atomic E-state index is 0.0754. The van der Waals surface area contributed by atoms with E-state index in [1.807, 2.05) is 6.07 Å². The van der Waals surface area contributed by atoms with E-state index in [9.17, 15) is 13.2 Å². The van der Waals surface area contributed by atoms with Crippen molar-refractivity contribution in [3.05, 3.63) is 51.2 Å². The number of benzene rings is 1. The summed E-state index contributed by atoms with van der Waals surface area (Å²) in [5.41, 5.74) is 1.84. The van der Waals surface area contributed by atoms with Crippen LogP contribution < -0.4 is 10.6 Å². The van der Waals surface area contributed by atoms with Crippen molar-refractivity contribution in [2.24, 2.45) is 0 Å². The molecule has 2 aromatic rings. The highest BCUT2D eigenvalue weighted by Crippen LogP contribution is 2.46. The van der Waals surface area contributed by atoms with Gasteiger partial charge in [-0.05, 0) is 68.6 Å². The standard InChI is InChI=1S/C22H28N2O4S2/c1-3-30(26,27)18-6-4-16(5-7-18)14-24-21(25)19-13-17-12-15(2)28-22(20(17)29-19)8-10-23-11-9-22/h4-7,13,15,23H,3,8-12,14H2,1-2H3,(H,24,25)/t15-/m0/s1. The van der Waals surface area contributed by atoms with Crippen molar-refractivity contribution >= 4 is 27.1 Å². The monoisotopic (exact) mass is 448 g/mol. The Labute approximate surface area is 181 Å². The number of sulfone groups is 1. The number of carbonyl (C=O) groups excluding carboxylic acids is 1. The van der Waals surface area contributed by atoms with Gasteiger partial charge in [0.25, 0.3) is 5.91 Å². The van der Waals surface area contributed by atoms with E-state index in [1.54, 1.807) is 42.5 Å².